The Morgan fingerprint density at radius 2 is 2.41 bits per heavy atom. The highest BCUT2D eigenvalue weighted by Gasteiger charge is 2.17. The molecule has 1 amide bonds. The summed E-state index contributed by atoms with van der Waals surface area (Å²) in [6.45, 7) is 3.04. The van der Waals surface area contributed by atoms with Gasteiger partial charge in [-0.2, -0.15) is 0 Å². The molecule has 0 bridgehead atoms. The fourth-order valence-corrected chi connectivity index (χ4v) is 2.27. The second-order valence-corrected chi connectivity index (χ2v) is 4.55. The number of rotatable bonds is 4. The third kappa shape index (κ3) is 2.75. The average molecular weight is 233 g/mol. The molecule has 3 N–H and O–H groups in total. The van der Waals surface area contributed by atoms with Crippen LogP contribution in [0.5, 0.6) is 0 Å². The van der Waals surface area contributed by atoms with Crippen molar-refractivity contribution < 1.29 is 4.79 Å². The summed E-state index contributed by atoms with van der Waals surface area (Å²) in [7, 11) is 0. The first-order valence-electron chi connectivity index (χ1n) is 6.22. The second kappa shape index (κ2) is 5.17. The molecule has 2 rings (SSSR count). The number of nitrogens with zero attached hydrogens (tertiary/aromatic N) is 1. The van der Waals surface area contributed by atoms with E-state index >= 15 is 0 Å². The maximum absolute atomic E-state index is 11.0. The van der Waals surface area contributed by atoms with E-state index in [4.69, 9.17) is 5.73 Å². The fourth-order valence-electron chi connectivity index (χ4n) is 2.27. The summed E-state index contributed by atoms with van der Waals surface area (Å²) >= 11 is 0. The lowest BCUT2D eigenvalue weighted by atomic mass is 9.96. The molecule has 1 unspecified atom stereocenters. The molecule has 4 nitrogen and oxygen atoms in total. The van der Waals surface area contributed by atoms with Gasteiger partial charge in [-0.25, -0.2) is 4.98 Å². The molecule has 17 heavy (non-hydrogen) atoms. The van der Waals surface area contributed by atoms with Gasteiger partial charge in [-0.05, 0) is 30.9 Å². The van der Waals surface area contributed by atoms with E-state index in [-0.39, 0.29) is 11.8 Å². The molecule has 0 radical (unpaired) electrons. The standard InChI is InChI=1S/C13H19N3O/c1-2-9(8-12(14)17)11-6-5-10-4-3-7-15-13(10)16-11/h5-6,9H,2-4,7-8H2,1H3,(H2,14,17)(H,15,16). The number of carbonyl (C=O) groups is 1. The van der Waals surface area contributed by atoms with Crippen LogP contribution in [0.1, 0.15) is 43.4 Å². The minimum atomic E-state index is -0.260. The van der Waals surface area contributed by atoms with E-state index in [1.807, 2.05) is 6.07 Å². The number of primary amides is 1. The van der Waals surface area contributed by atoms with Gasteiger partial charge < -0.3 is 11.1 Å². The Labute approximate surface area is 102 Å². The van der Waals surface area contributed by atoms with E-state index in [0.29, 0.717) is 6.42 Å². The quantitative estimate of drug-likeness (QED) is 0.833. The van der Waals surface area contributed by atoms with Crippen LogP contribution in [0.3, 0.4) is 0 Å². The van der Waals surface area contributed by atoms with E-state index in [9.17, 15) is 4.79 Å². The van der Waals surface area contributed by atoms with Gasteiger partial charge in [0.2, 0.25) is 5.91 Å². The van der Waals surface area contributed by atoms with E-state index in [1.165, 1.54) is 5.56 Å². The van der Waals surface area contributed by atoms with Crippen molar-refractivity contribution in [3.8, 4) is 0 Å². The summed E-state index contributed by atoms with van der Waals surface area (Å²) in [5, 5.41) is 3.31. The number of hydrogen-bond acceptors (Lipinski definition) is 3. The predicted octanol–water partition coefficient (Wildman–Crippen LogP) is 1.81. The van der Waals surface area contributed by atoms with E-state index < -0.39 is 0 Å². The third-order valence-corrected chi connectivity index (χ3v) is 3.27. The van der Waals surface area contributed by atoms with Crippen LogP contribution in [0.2, 0.25) is 0 Å². The number of amides is 1. The van der Waals surface area contributed by atoms with Gasteiger partial charge >= 0.3 is 0 Å². The maximum atomic E-state index is 11.0. The lowest BCUT2D eigenvalue weighted by molar-refractivity contribution is -0.118. The van der Waals surface area contributed by atoms with Crippen molar-refractivity contribution in [2.75, 3.05) is 11.9 Å². The number of hydrogen-bond donors (Lipinski definition) is 2. The molecule has 0 fully saturated rings. The molecule has 1 aliphatic heterocycles. The van der Waals surface area contributed by atoms with Crippen molar-refractivity contribution in [3.05, 3.63) is 23.4 Å². The first-order valence-corrected chi connectivity index (χ1v) is 6.22. The van der Waals surface area contributed by atoms with Crippen LogP contribution in [-0.4, -0.2) is 17.4 Å². The van der Waals surface area contributed by atoms with Crippen LogP contribution < -0.4 is 11.1 Å². The number of pyridine rings is 1. The minimum absolute atomic E-state index is 0.140. The van der Waals surface area contributed by atoms with Gasteiger partial charge in [0.15, 0.2) is 0 Å². The summed E-state index contributed by atoms with van der Waals surface area (Å²) in [6, 6.07) is 4.15. The molecule has 1 atom stereocenters. The molecule has 1 aliphatic rings. The number of anilines is 1. The third-order valence-electron chi connectivity index (χ3n) is 3.27. The highest BCUT2D eigenvalue weighted by atomic mass is 16.1. The van der Waals surface area contributed by atoms with Crippen LogP contribution in [0.25, 0.3) is 0 Å². The van der Waals surface area contributed by atoms with Crippen molar-refractivity contribution in [1.82, 2.24) is 4.98 Å². The van der Waals surface area contributed by atoms with Crippen molar-refractivity contribution in [1.29, 1.82) is 0 Å². The Bertz CT molecular complexity index is 417. The topological polar surface area (TPSA) is 68.0 Å². The Morgan fingerprint density at radius 3 is 3.12 bits per heavy atom. The summed E-state index contributed by atoms with van der Waals surface area (Å²) in [5.74, 6) is 0.863. The number of aromatic nitrogens is 1. The van der Waals surface area contributed by atoms with Gasteiger partial charge in [0.05, 0.1) is 0 Å². The van der Waals surface area contributed by atoms with Crippen LogP contribution in [0.15, 0.2) is 12.1 Å². The van der Waals surface area contributed by atoms with Gasteiger partial charge in [-0.15, -0.1) is 0 Å². The molecule has 2 heterocycles. The number of carbonyl (C=O) groups excluding carboxylic acids is 1. The first-order chi connectivity index (χ1) is 8.20. The molecule has 4 heteroatoms. The number of aryl methyl sites for hydroxylation is 1. The van der Waals surface area contributed by atoms with Crippen LogP contribution in [-0.2, 0) is 11.2 Å². The molecular weight excluding hydrogens is 214 g/mol. The highest BCUT2D eigenvalue weighted by molar-refractivity contribution is 5.74. The Balaban J connectivity index is 2.22. The maximum Gasteiger partial charge on any atom is 0.218 e. The van der Waals surface area contributed by atoms with E-state index in [1.54, 1.807) is 0 Å². The monoisotopic (exact) mass is 233 g/mol. The molecule has 1 aromatic heterocycles. The minimum Gasteiger partial charge on any atom is -0.370 e. The second-order valence-electron chi connectivity index (χ2n) is 4.55. The van der Waals surface area contributed by atoms with Crippen molar-refractivity contribution >= 4 is 11.7 Å². The normalized spacial score (nSPS) is 15.8. The summed E-state index contributed by atoms with van der Waals surface area (Å²) in [6.07, 6.45) is 3.51. The average Bonchev–Trinajstić information content (AvgIpc) is 2.35. The molecule has 92 valence electrons. The smallest absolute Gasteiger partial charge is 0.218 e. The molecule has 1 aromatic rings. The first kappa shape index (κ1) is 11.9. The van der Waals surface area contributed by atoms with Gasteiger partial charge in [0.1, 0.15) is 5.82 Å². The molecule has 0 saturated carbocycles. The zero-order chi connectivity index (χ0) is 12.3. The molecular formula is C13H19N3O. The predicted molar refractivity (Wildman–Crippen MR) is 67.9 cm³/mol. The lowest BCUT2D eigenvalue weighted by Gasteiger charge is -2.20. The van der Waals surface area contributed by atoms with Crippen LogP contribution in [0.4, 0.5) is 5.82 Å². The molecule has 0 aliphatic carbocycles. The molecule has 0 spiro atoms. The zero-order valence-electron chi connectivity index (χ0n) is 10.2. The number of nitrogens with one attached hydrogen (secondary N) is 1. The van der Waals surface area contributed by atoms with Crippen molar-refractivity contribution in [3.63, 3.8) is 0 Å². The Kier molecular flexibility index (Phi) is 3.61. The van der Waals surface area contributed by atoms with Crippen molar-refractivity contribution in [2.24, 2.45) is 5.73 Å². The van der Waals surface area contributed by atoms with Crippen LogP contribution >= 0.6 is 0 Å². The van der Waals surface area contributed by atoms with Gasteiger partial charge in [0.25, 0.3) is 0 Å². The highest BCUT2D eigenvalue weighted by Crippen LogP contribution is 2.26. The largest absolute Gasteiger partial charge is 0.370 e. The summed E-state index contributed by atoms with van der Waals surface area (Å²) in [4.78, 5) is 15.6. The fraction of sp³-hybridized carbons (Fsp3) is 0.538. The number of fused-ring (bicyclic) bond motifs is 1. The van der Waals surface area contributed by atoms with Crippen LogP contribution in [0, 0.1) is 0 Å². The number of nitrogens with two attached hydrogens (primary N) is 1. The summed E-state index contributed by atoms with van der Waals surface area (Å²) < 4.78 is 0. The van der Waals surface area contributed by atoms with E-state index in [0.717, 1.165) is 37.3 Å². The molecule has 0 saturated heterocycles. The van der Waals surface area contributed by atoms with Crippen molar-refractivity contribution in [2.45, 2.75) is 38.5 Å². The van der Waals surface area contributed by atoms with Gasteiger partial charge in [-0.3, -0.25) is 4.79 Å². The zero-order valence-corrected chi connectivity index (χ0v) is 10.2. The lowest BCUT2D eigenvalue weighted by Crippen LogP contribution is -2.18. The van der Waals surface area contributed by atoms with E-state index in [2.05, 4.69) is 23.3 Å². The Hall–Kier alpha value is -1.58. The van der Waals surface area contributed by atoms with Gasteiger partial charge in [-0.1, -0.05) is 13.0 Å². The SMILES string of the molecule is CCC(CC(N)=O)c1ccc2c(n1)NCCC2. The summed E-state index contributed by atoms with van der Waals surface area (Å²) in [5.41, 5.74) is 7.51. The Morgan fingerprint density at radius 1 is 1.59 bits per heavy atom. The molecule has 0 aromatic carbocycles. The van der Waals surface area contributed by atoms with Gasteiger partial charge in [0, 0.05) is 24.6 Å².